The Bertz CT molecular complexity index is 529. The Morgan fingerprint density at radius 1 is 1.37 bits per heavy atom. The monoisotopic (exact) mass is 279 g/mol. The van der Waals surface area contributed by atoms with Gasteiger partial charge < -0.3 is 10.0 Å². The van der Waals surface area contributed by atoms with Crippen LogP contribution >= 0.6 is 11.8 Å². The maximum Gasteiger partial charge on any atom is 0.327 e. The van der Waals surface area contributed by atoms with Crippen molar-refractivity contribution in [3.63, 3.8) is 0 Å². The van der Waals surface area contributed by atoms with Crippen molar-refractivity contribution in [1.82, 2.24) is 4.90 Å². The highest BCUT2D eigenvalue weighted by atomic mass is 32.2. The third-order valence-corrected chi connectivity index (χ3v) is 4.58. The molecule has 19 heavy (non-hydrogen) atoms. The fourth-order valence-corrected chi connectivity index (χ4v) is 3.41. The topological polar surface area (TPSA) is 57.6 Å². The number of nitrogens with zero attached hydrogens (tertiary/aromatic N) is 1. The summed E-state index contributed by atoms with van der Waals surface area (Å²) in [4.78, 5) is 25.3. The van der Waals surface area contributed by atoms with Crippen LogP contribution in [0.2, 0.25) is 0 Å². The summed E-state index contributed by atoms with van der Waals surface area (Å²) in [5.41, 5.74) is 2.48. The van der Waals surface area contributed by atoms with E-state index in [4.69, 9.17) is 0 Å². The van der Waals surface area contributed by atoms with Gasteiger partial charge in [0, 0.05) is 11.3 Å². The molecule has 1 aromatic rings. The van der Waals surface area contributed by atoms with Gasteiger partial charge in [-0.25, -0.2) is 4.79 Å². The van der Waals surface area contributed by atoms with E-state index in [9.17, 15) is 14.7 Å². The van der Waals surface area contributed by atoms with Crippen LogP contribution in [0.4, 0.5) is 0 Å². The number of hydrogen-bond acceptors (Lipinski definition) is 3. The lowest BCUT2D eigenvalue weighted by Crippen LogP contribution is -2.45. The predicted octanol–water partition coefficient (Wildman–Crippen LogP) is 2.29. The number of aryl methyl sites for hydroxylation is 2. The lowest BCUT2D eigenvalue weighted by atomic mass is 10.0. The first-order chi connectivity index (χ1) is 8.91. The molecule has 1 aliphatic heterocycles. The largest absolute Gasteiger partial charge is 0.480 e. The maximum atomic E-state index is 12.6. The van der Waals surface area contributed by atoms with Gasteiger partial charge in [0.2, 0.25) is 0 Å². The summed E-state index contributed by atoms with van der Waals surface area (Å²) in [7, 11) is 0. The molecule has 5 heteroatoms. The molecule has 1 heterocycles. The van der Waals surface area contributed by atoms with E-state index in [2.05, 4.69) is 0 Å². The number of rotatable bonds is 2. The number of benzene rings is 1. The minimum atomic E-state index is -0.935. The molecule has 1 fully saturated rings. The molecule has 1 N–H and O–H groups in total. The minimum absolute atomic E-state index is 0.103. The van der Waals surface area contributed by atoms with Gasteiger partial charge in [0.05, 0.1) is 5.37 Å². The van der Waals surface area contributed by atoms with Crippen LogP contribution in [0.25, 0.3) is 0 Å². The molecule has 0 saturated carbocycles. The van der Waals surface area contributed by atoms with Crippen LogP contribution in [0.15, 0.2) is 18.2 Å². The van der Waals surface area contributed by atoms with Crippen molar-refractivity contribution in [1.29, 1.82) is 0 Å². The maximum absolute atomic E-state index is 12.6. The van der Waals surface area contributed by atoms with Crippen molar-refractivity contribution in [2.75, 3.05) is 5.75 Å². The number of hydrogen-bond donors (Lipinski definition) is 1. The van der Waals surface area contributed by atoms with Crippen LogP contribution < -0.4 is 0 Å². The van der Waals surface area contributed by atoms with E-state index in [1.807, 2.05) is 39.0 Å². The van der Waals surface area contributed by atoms with E-state index < -0.39 is 12.0 Å². The molecular weight excluding hydrogens is 262 g/mol. The molecule has 2 atom stereocenters. The minimum Gasteiger partial charge on any atom is -0.480 e. The van der Waals surface area contributed by atoms with Crippen LogP contribution in [-0.4, -0.2) is 39.1 Å². The number of carboxylic acids is 1. The Labute approximate surface area is 116 Å². The first kappa shape index (κ1) is 13.9. The van der Waals surface area contributed by atoms with Gasteiger partial charge in [-0.3, -0.25) is 4.79 Å². The summed E-state index contributed by atoms with van der Waals surface area (Å²) in [6.45, 7) is 5.67. The first-order valence-electron chi connectivity index (χ1n) is 6.16. The summed E-state index contributed by atoms with van der Waals surface area (Å²) < 4.78 is 0. The molecule has 0 bridgehead atoms. The molecule has 4 nitrogen and oxygen atoms in total. The summed E-state index contributed by atoms with van der Waals surface area (Å²) in [6, 6.07) is 4.94. The molecule has 102 valence electrons. The van der Waals surface area contributed by atoms with Crippen LogP contribution in [0, 0.1) is 13.8 Å². The highest BCUT2D eigenvalue weighted by Gasteiger charge is 2.40. The molecule has 2 rings (SSSR count). The van der Waals surface area contributed by atoms with E-state index in [0.29, 0.717) is 11.3 Å². The smallest absolute Gasteiger partial charge is 0.327 e. The average Bonchev–Trinajstić information content (AvgIpc) is 2.73. The van der Waals surface area contributed by atoms with Crippen molar-refractivity contribution in [3.05, 3.63) is 34.9 Å². The van der Waals surface area contributed by atoms with Crippen LogP contribution in [0.3, 0.4) is 0 Å². The van der Waals surface area contributed by atoms with E-state index in [0.717, 1.165) is 11.1 Å². The number of carbonyl (C=O) groups is 2. The van der Waals surface area contributed by atoms with E-state index in [-0.39, 0.29) is 11.3 Å². The van der Waals surface area contributed by atoms with Gasteiger partial charge in [0.15, 0.2) is 0 Å². The second kappa shape index (κ2) is 5.25. The third-order valence-electron chi connectivity index (χ3n) is 3.37. The Kier molecular flexibility index (Phi) is 3.85. The molecule has 0 radical (unpaired) electrons. The molecule has 1 saturated heterocycles. The molecule has 1 aromatic carbocycles. The Hall–Kier alpha value is -1.49. The predicted molar refractivity (Wildman–Crippen MR) is 75.4 cm³/mol. The number of aliphatic carboxylic acids is 1. The van der Waals surface area contributed by atoms with Crippen LogP contribution in [-0.2, 0) is 4.79 Å². The van der Waals surface area contributed by atoms with Crippen molar-refractivity contribution in [3.8, 4) is 0 Å². The quantitative estimate of drug-likeness (QED) is 0.902. The van der Waals surface area contributed by atoms with Gasteiger partial charge in [0.25, 0.3) is 5.91 Å². The number of thioether (sulfide) groups is 1. The Balaban J connectivity index is 2.37. The van der Waals surface area contributed by atoms with Gasteiger partial charge >= 0.3 is 5.97 Å². The van der Waals surface area contributed by atoms with Crippen LogP contribution in [0.5, 0.6) is 0 Å². The zero-order valence-corrected chi connectivity index (χ0v) is 12.0. The SMILES string of the molecule is Cc1ccc(C)c(C(=O)N2C(C)SCC2C(=O)O)c1. The summed E-state index contributed by atoms with van der Waals surface area (Å²) in [5, 5.41) is 9.11. The Morgan fingerprint density at radius 3 is 2.68 bits per heavy atom. The van der Waals surface area contributed by atoms with Crippen molar-refractivity contribution >= 4 is 23.6 Å². The molecule has 1 amide bonds. The average molecular weight is 279 g/mol. The fourth-order valence-electron chi connectivity index (χ4n) is 2.25. The Morgan fingerprint density at radius 2 is 2.05 bits per heavy atom. The zero-order chi connectivity index (χ0) is 14.2. The molecule has 0 aliphatic carbocycles. The first-order valence-corrected chi connectivity index (χ1v) is 7.21. The summed E-state index contributed by atoms with van der Waals surface area (Å²) in [6.07, 6.45) is 0. The third kappa shape index (κ3) is 2.61. The lowest BCUT2D eigenvalue weighted by Gasteiger charge is -2.25. The zero-order valence-electron chi connectivity index (χ0n) is 11.2. The van der Waals surface area contributed by atoms with Crippen molar-refractivity contribution in [2.45, 2.75) is 32.2 Å². The fraction of sp³-hybridized carbons (Fsp3) is 0.429. The molecule has 2 unspecified atom stereocenters. The van der Waals surface area contributed by atoms with E-state index in [1.54, 1.807) is 0 Å². The van der Waals surface area contributed by atoms with Gasteiger partial charge in [-0.15, -0.1) is 11.8 Å². The number of carbonyl (C=O) groups excluding carboxylic acids is 1. The molecule has 0 aromatic heterocycles. The standard InChI is InChI=1S/C14H17NO3S/c1-8-4-5-9(2)11(6-8)13(16)15-10(3)19-7-12(15)14(17)18/h4-6,10,12H,7H2,1-3H3,(H,17,18). The van der Waals surface area contributed by atoms with Crippen LogP contribution in [0.1, 0.15) is 28.4 Å². The van der Waals surface area contributed by atoms with E-state index >= 15 is 0 Å². The molecular formula is C14H17NO3S. The van der Waals surface area contributed by atoms with Gasteiger partial charge in [-0.1, -0.05) is 17.7 Å². The lowest BCUT2D eigenvalue weighted by molar-refractivity contribution is -0.141. The molecule has 1 aliphatic rings. The van der Waals surface area contributed by atoms with E-state index in [1.165, 1.54) is 16.7 Å². The number of carboxylic acid groups (broad SMARTS) is 1. The normalized spacial score (nSPS) is 22.6. The van der Waals surface area contributed by atoms with Crippen molar-refractivity contribution in [2.24, 2.45) is 0 Å². The second-order valence-electron chi connectivity index (χ2n) is 4.82. The number of amides is 1. The highest BCUT2D eigenvalue weighted by Crippen LogP contribution is 2.31. The highest BCUT2D eigenvalue weighted by molar-refractivity contribution is 8.00. The molecule has 0 spiro atoms. The summed E-state index contributed by atoms with van der Waals surface area (Å²) in [5.74, 6) is -0.672. The summed E-state index contributed by atoms with van der Waals surface area (Å²) >= 11 is 1.50. The van der Waals surface area contributed by atoms with Gasteiger partial charge in [-0.05, 0) is 32.4 Å². The van der Waals surface area contributed by atoms with Gasteiger partial charge in [0.1, 0.15) is 6.04 Å². The van der Waals surface area contributed by atoms with Gasteiger partial charge in [-0.2, -0.15) is 0 Å². The second-order valence-corrected chi connectivity index (χ2v) is 6.17. The van der Waals surface area contributed by atoms with Crippen molar-refractivity contribution < 1.29 is 14.7 Å².